The van der Waals surface area contributed by atoms with Crippen molar-refractivity contribution in [3.05, 3.63) is 0 Å². The lowest BCUT2D eigenvalue weighted by molar-refractivity contribution is -0.127. The second kappa shape index (κ2) is 4.28. The average Bonchev–Trinajstić information content (AvgIpc) is 2.54. The van der Waals surface area contributed by atoms with Crippen molar-refractivity contribution in [2.45, 2.75) is 38.8 Å². The highest BCUT2D eigenvalue weighted by atomic mass is 16.5. The molecule has 0 spiro atoms. The molecule has 1 aliphatic rings. The van der Waals surface area contributed by atoms with Crippen LogP contribution in [0.1, 0.15) is 27.2 Å². The van der Waals surface area contributed by atoms with E-state index in [2.05, 4.69) is 5.32 Å². The predicted octanol–water partition coefficient (Wildman–Crippen LogP) is 0.298. The molecule has 4 nitrogen and oxygen atoms in total. The minimum Gasteiger partial charge on any atom is -0.391 e. The SMILES string of the molecule is CC(O)C(C)(C)NC(=O)C1CCOC1. The molecule has 82 valence electrons. The lowest BCUT2D eigenvalue weighted by atomic mass is 9.97. The van der Waals surface area contributed by atoms with Crippen LogP contribution in [-0.2, 0) is 9.53 Å². The summed E-state index contributed by atoms with van der Waals surface area (Å²) < 4.78 is 5.13. The van der Waals surface area contributed by atoms with Gasteiger partial charge in [-0.05, 0) is 27.2 Å². The van der Waals surface area contributed by atoms with Crippen LogP contribution in [0.2, 0.25) is 0 Å². The van der Waals surface area contributed by atoms with Gasteiger partial charge in [-0.2, -0.15) is 0 Å². The molecule has 1 amide bonds. The zero-order valence-corrected chi connectivity index (χ0v) is 9.04. The van der Waals surface area contributed by atoms with Gasteiger partial charge in [0.1, 0.15) is 0 Å². The van der Waals surface area contributed by atoms with Crippen molar-refractivity contribution in [3.63, 3.8) is 0 Å². The molecule has 0 aromatic carbocycles. The van der Waals surface area contributed by atoms with Gasteiger partial charge in [-0.15, -0.1) is 0 Å². The first-order chi connectivity index (χ1) is 6.43. The number of rotatable bonds is 3. The van der Waals surface area contributed by atoms with Gasteiger partial charge in [0, 0.05) is 6.61 Å². The fourth-order valence-corrected chi connectivity index (χ4v) is 1.27. The molecule has 1 fully saturated rings. The summed E-state index contributed by atoms with van der Waals surface area (Å²) in [5, 5.41) is 12.3. The van der Waals surface area contributed by atoms with E-state index < -0.39 is 11.6 Å². The van der Waals surface area contributed by atoms with E-state index in [4.69, 9.17) is 4.74 Å². The summed E-state index contributed by atoms with van der Waals surface area (Å²) in [6, 6.07) is 0. The number of amides is 1. The summed E-state index contributed by atoms with van der Waals surface area (Å²) in [5.41, 5.74) is -0.570. The largest absolute Gasteiger partial charge is 0.391 e. The molecular weight excluding hydrogens is 182 g/mol. The van der Waals surface area contributed by atoms with Gasteiger partial charge in [-0.25, -0.2) is 0 Å². The number of aliphatic hydroxyl groups excluding tert-OH is 1. The van der Waals surface area contributed by atoms with Crippen molar-refractivity contribution in [2.75, 3.05) is 13.2 Å². The van der Waals surface area contributed by atoms with Gasteiger partial charge in [0.25, 0.3) is 0 Å². The van der Waals surface area contributed by atoms with E-state index in [1.807, 2.05) is 13.8 Å². The van der Waals surface area contributed by atoms with Crippen molar-refractivity contribution in [1.29, 1.82) is 0 Å². The number of hydrogen-bond donors (Lipinski definition) is 2. The molecule has 2 unspecified atom stereocenters. The number of ether oxygens (including phenoxy) is 1. The first kappa shape index (κ1) is 11.5. The summed E-state index contributed by atoms with van der Waals surface area (Å²) in [4.78, 5) is 11.7. The summed E-state index contributed by atoms with van der Waals surface area (Å²) in [5.74, 6) is -0.0681. The summed E-state index contributed by atoms with van der Waals surface area (Å²) in [6.07, 6.45) is 0.218. The molecule has 1 heterocycles. The molecule has 0 aromatic heterocycles. The van der Waals surface area contributed by atoms with Crippen LogP contribution in [0.15, 0.2) is 0 Å². The average molecular weight is 201 g/mol. The maximum absolute atomic E-state index is 11.7. The lowest BCUT2D eigenvalue weighted by Crippen LogP contribution is -2.52. The second-order valence-electron chi connectivity index (χ2n) is 4.45. The third kappa shape index (κ3) is 2.69. The Hall–Kier alpha value is -0.610. The molecule has 14 heavy (non-hydrogen) atoms. The van der Waals surface area contributed by atoms with Crippen molar-refractivity contribution >= 4 is 5.91 Å². The summed E-state index contributed by atoms with van der Waals surface area (Å²) in [7, 11) is 0. The van der Waals surface area contributed by atoms with E-state index in [1.165, 1.54) is 0 Å². The smallest absolute Gasteiger partial charge is 0.226 e. The topological polar surface area (TPSA) is 58.6 Å². The van der Waals surface area contributed by atoms with Gasteiger partial charge in [0.05, 0.1) is 24.2 Å². The third-order valence-electron chi connectivity index (χ3n) is 2.79. The van der Waals surface area contributed by atoms with Crippen molar-refractivity contribution in [2.24, 2.45) is 5.92 Å². The number of nitrogens with one attached hydrogen (secondary N) is 1. The summed E-state index contributed by atoms with van der Waals surface area (Å²) in [6.45, 7) is 6.46. The predicted molar refractivity (Wildman–Crippen MR) is 52.8 cm³/mol. The fourth-order valence-electron chi connectivity index (χ4n) is 1.27. The Morgan fingerprint density at radius 1 is 1.64 bits per heavy atom. The molecule has 0 saturated carbocycles. The van der Waals surface area contributed by atoms with Gasteiger partial charge in [0.15, 0.2) is 0 Å². The van der Waals surface area contributed by atoms with Crippen LogP contribution in [0, 0.1) is 5.92 Å². The normalized spacial score (nSPS) is 24.7. The zero-order chi connectivity index (χ0) is 10.8. The van der Waals surface area contributed by atoms with E-state index in [9.17, 15) is 9.90 Å². The van der Waals surface area contributed by atoms with E-state index in [-0.39, 0.29) is 11.8 Å². The Morgan fingerprint density at radius 2 is 2.29 bits per heavy atom. The number of aliphatic hydroxyl groups is 1. The van der Waals surface area contributed by atoms with Gasteiger partial charge in [-0.3, -0.25) is 4.79 Å². The Bertz CT molecular complexity index is 207. The van der Waals surface area contributed by atoms with Gasteiger partial charge in [0.2, 0.25) is 5.91 Å². The third-order valence-corrected chi connectivity index (χ3v) is 2.79. The first-order valence-electron chi connectivity index (χ1n) is 5.01. The monoisotopic (exact) mass is 201 g/mol. The van der Waals surface area contributed by atoms with Gasteiger partial charge >= 0.3 is 0 Å². The first-order valence-corrected chi connectivity index (χ1v) is 5.01. The van der Waals surface area contributed by atoms with Crippen LogP contribution in [0.25, 0.3) is 0 Å². The molecule has 0 radical (unpaired) electrons. The highest BCUT2D eigenvalue weighted by Gasteiger charge is 2.31. The second-order valence-corrected chi connectivity index (χ2v) is 4.45. The van der Waals surface area contributed by atoms with Crippen molar-refractivity contribution in [3.8, 4) is 0 Å². The molecule has 0 aliphatic carbocycles. The van der Waals surface area contributed by atoms with Crippen LogP contribution in [0.3, 0.4) is 0 Å². The number of hydrogen-bond acceptors (Lipinski definition) is 3. The molecule has 1 aliphatic heterocycles. The Balaban J connectivity index is 2.46. The molecule has 1 saturated heterocycles. The summed E-state index contributed by atoms with van der Waals surface area (Å²) >= 11 is 0. The van der Waals surface area contributed by atoms with Gasteiger partial charge in [-0.1, -0.05) is 0 Å². The van der Waals surface area contributed by atoms with Crippen LogP contribution < -0.4 is 5.32 Å². The molecular formula is C10H19NO3. The Morgan fingerprint density at radius 3 is 2.71 bits per heavy atom. The number of carbonyl (C=O) groups excluding carboxylic acids is 1. The highest BCUT2D eigenvalue weighted by Crippen LogP contribution is 2.15. The molecule has 1 rings (SSSR count). The van der Waals surface area contributed by atoms with Crippen LogP contribution in [0.5, 0.6) is 0 Å². The van der Waals surface area contributed by atoms with E-state index in [1.54, 1.807) is 6.92 Å². The quantitative estimate of drug-likeness (QED) is 0.690. The molecule has 4 heteroatoms. The van der Waals surface area contributed by atoms with Crippen LogP contribution in [-0.4, -0.2) is 35.9 Å². The minimum atomic E-state index is -0.570. The van der Waals surface area contributed by atoms with E-state index in [0.29, 0.717) is 13.2 Å². The maximum atomic E-state index is 11.7. The van der Waals surface area contributed by atoms with Crippen molar-refractivity contribution < 1.29 is 14.6 Å². The fraction of sp³-hybridized carbons (Fsp3) is 0.900. The molecule has 2 atom stereocenters. The number of carbonyl (C=O) groups is 1. The van der Waals surface area contributed by atoms with Crippen molar-refractivity contribution in [1.82, 2.24) is 5.32 Å². The lowest BCUT2D eigenvalue weighted by Gasteiger charge is -2.30. The molecule has 0 bridgehead atoms. The van der Waals surface area contributed by atoms with E-state index in [0.717, 1.165) is 6.42 Å². The van der Waals surface area contributed by atoms with Crippen LogP contribution >= 0.6 is 0 Å². The van der Waals surface area contributed by atoms with Crippen LogP contribution in [0.4, 0.5) is 0 Å². The Labute approximate surface area is 84.6 Å². The molecule has 0 aromatic rings. The minimum absolute atomic E-state index is 0.0200. The van der Waals surface area contributed by atoms with E-state index >= 15 is 0 Å². The maximum Gasteiger partial charge on any atom is 0.226 e. The molecule has 2 N–H and O–H groups in total. The Kier molecular flexibility index (Phi) is 3.50. The van der Waals surface area contributed by atoms with Gasteiger partial charge < -0.3 is 15.2 Å². The standard InChI is InChI=1S/C10H19NO3/c1-7(12)10(2,3)11-9(13)8-4-5-14-6-8/h7-8,12H,4-6H2,1-3H3,(H,11,13). The highest BCUT2D eigenvalue weighted by molar-refractivity contribution is 5.79. The zero-order valence-electron chi connectivity index (χ0n) is 9.04.